The van der Waals surface area contributed by atoms with Gasteiger partial charge in [-0.2, -0.15) is 0 Å². The highest BCUT2D eigenvalue weighted by molar-refractivity contribution is 9.10. The Bertz CT molecular complexity index is 542. The predicted octanol–water partition coefficient (Wildman–Crippen LogP) is 4.90. The number of benzene rings is 1. The third-order valence-corrected chi connectivity index (χ3v) is 4.52. The summed E-state index contributed by atoms with van der Waals surface area (Å²) in [5.74, 6) is 0.0961. The van der Waals surface area contributed by atoms with Crippen LogP contribution in [0.15, 0.2) is 34.1 Å². The molecule has 0 bridgehead atoms. The molecule has 1 aromatic carbocycles. The third kappa shape index (κ3) is 3.18. The Labute approximate surface area is 118 Å². The maximum absolute atomic E-state index is 12.1. The molecule has 2 aromatic rings. The number of hydrogen-bond donors (Lipinski definition) is 0. The van der Waals surface area contributed by atoms with Crippen LogP contribution < -0.4 is 0 Å². The lowest BCUT2D eigenvalue weighted by Gasteiger charge is -2.03. The minimum atomic E-state index is 0.0961. The highest BCUT2D eigenvalue weighted by atomic mass is 79.9. The van der Waals surface area contributed by atoms with E-state index in [1.54, 1.807) is 17.4 Å². The average molecular weight is 330 g/mol. The van der Waals surface area contributed by atoms with E-state index in [1.165, 1.54) is 0 Å². The smallest absolute Gasteiger partial charge is 0.168 e. The van der Waals surface area contributed by atoms with Crippen LogP contribution in [0.2, 0.25) is 5.02 Å². The molecule has 1 heterocycles. The van der Waals surface area contributed by atoms with Gasteiger partial charge in [-0.25, -0.2) is 0 Å². The van der Waals surface area contributed by atoms with E-state index in [2.05, 4.69) is 15.9 Å². The minimum Gasteiger partial charge on any atom is -0.294 e. The molecule has 1 nitrogen and oxygen atoms in total. The quantitative estimate of drug-likeness (QED) is 0.732. The molecule has 0 fully saturated rings. The highest BCUT2D eigenvalue weighted by Gasteiger charge is 2.11. The minimum absolute atomic E-state index is 0.0961. The fourth-order valence-corrected chi connectivity index (χ4v) is 3.38. The second kappa shape index (κ2) is 5.34. The van der Waals surface area contributed by atoms with Crippen LogP contribution in [0.25, 0.3) is 0 Å². The molecule has 4 heteroatoms. The summed E-state index contributed by atoms with van der Waals surface area (Å²) in [7, 11) is 0. The number of aryl methyl sites for hydroxylation is 1. The van der Waals surface area contributed by atoms with Gasteiger partial charge in [0.15, 0.2) is 5.78 Å². The van der Waals surface area contributed by atoms with Crippen LogP contribution in [0.5, 0.6) is 0 Å². The van der Waals surface area contributed by atoms with E-state index in [1.807, 2.05) is 30.5 Å². The lowest BCUT2D eigenvalue weighted by atomic mass is 10.1. The summed E-state index contributed by atoms with van der Waals surface area (Å²) in [6, 6.07) is 7.39. The van der Waals surface area contributed by atoms with Gasteiger partial charge < -0.3 is 0 Å². The number of halogens is 2. The van der Waals surface area contributed by atoms with E-state index in [4.69, 9.17) is 11.6 Å². The molecule has 0 atom stereocenters. The third-order valence-electron chi connectivity index (χ3n) is 2.38. The summed E-state index contributed by atoms with van der Waals surface area (Å²) in [5.41, 5.74) is 1.68. The Morgan fingerprint density at radius 3 is 2.76 bits per heavy atom. The number of carbonyl (C=O) groups excluding carboxylic acids is 1. The Balaban J connectivity index is 2.23. The number of carbonyl (C=O) groups is 1. The van der Waals surface area contributed by atoms with Gasteiger partial charge in [0.25, 0.3) is 0 Å². The van der Waals surface area contributed by atoms with Crippen LogP contribution in [-0.2, 0) is 6.42 Å². The van der Waals surface area contributed by atoms with Gasteiger partial charge in [0.2, 0.25) is 0 Å². The van der Waals surface area contributed by atoms with E-state index in [0.29, 0.717) is 17.0 Å². The first-order chi connectivity index (χ1) is 8.06. The van der Waals surface area contributed by atoms with Gasteiger partial charge in [-0.05, 0) is 58.1 Å². The number of thiophene rings is 1. The molecule has 0 saturated heterocycles. The summed E-state index contributed by atoms with van der Waals surface area (Å²) < 4.78 is 0.995. The van der Waals surface area contributed by atoms with Crippen LogP contribution in [0.1, 0.15) is 20.8 Å². The Morgan fingerprint density at radius 2 is 2.18 bits per heavy atom. The van der Waals surface area contributed by atoms with Crippen molar-refractivity contribution in [2.45, 2.75) is 13.3 Å². The normalized spacial score (nSPS) is 10.5. The van der Waals surface area contributed by atoms with Gasteiger partial charge >= 0.3 is 0 Å². The van der Waals surface area contributed by atoms with Crippen LogP contribution in [0, 0.1) is 6.92 Å². The van der Waals surface area contributed by atoms with Crippen molar-refractivity contribution < 1.29 is 4.79 Å². The fourth-order valence-electron chi connectivity index (χ4n) is 1.60. The average Bonchev–Trinajstić information content (AvgIpc) is 2.63. The SMILES string of the molecule is Cc1cc(Cl)cc(C(=O)Cc2sccc2Br)c1. The second-order valence-electron chi connectivity index (χ2n) is 3.81. The molecule has 0 saturated carbocycles. The summed E-state index contributed by atoms with van der Waals surface area (Å²) in [6.45, 7) is 1.93. The topological polar surface area (TPSA) is 17.1 Å². The van der Waals surface area contributed by atoms with Crippen molar-refractivity contribution in [1.82, 2.24) is 0 Å². The molecular weight excluding hydrogens is 320 g/mol. The lowest BCUT2D eigenvalue weighted by Crippen LogP contribution is -2.03. The van der Waals surface area contributed by atoms with E-state index < -0.39 is 0 Å². The van der Waals surface area contributed by atoms with Gasteiger partial charge in [0, 0.05) is 26.4 Å². The summed E-state index contributed by atoms with van der Waals surface area (Å²) in [6.07, 6.45) is 0.415. The second-order valence-corrected chi connectivity index (χ2v) is 6.10. The highest BCUT2D eigenvalue weighted by Crippen LogP contribution is 2.25. The van der Waals surface area contributed by atoms with Crippen molar-refractivity contribution in [1.29, 1.82) is 0 Å². The zero-order valence-electron chi connectivity index (χ0n) is 9.17. The molecule has 0 aliphatic carbocycles. The molecule has 0 radical (unpaired) electrons. The number of ketones is 1. The van der Waals surface area contributed by atoms with E-state index in [-0.39, 0.29) is 5.78 Å². The van der Waals surface area contributed by atoms with Crippen LogP contribution in [-0.4, -0.2) is 5.78 Å². The number of hydrogen-bond acceptors (Lipinski definition) is 2. The van der Waals surface area contributed by atoms with Crippen molar-refractivity contribution in [3.8, 4) is 0 Å². The first kappa shape index (κ1) is 12.8. The van der Waals surface area contributed by atoms with E-state index in [9.17, 15) is 4.79 Å². The first-order valence-electron chi connectivity index (χ1n) is 5.08. The van der Waals surface area contributed by atoms with Gasteiger partial charge in [0.1, 0.15) is 0 Å². The zero-order valence-corrected chi connectivity index (χ0v) is 12.3. The molecule has 0 amide bonds. The van der Waals surface area contributed by atoms with Crippen molar-refractivity contribution in [2.75, 3.05) is 0 Å². The molecule has 0 aliphatic heterocycles. The van der Waals surface area contributed by atoms with Crippen molar-refractivity contribution in [3.63, 3.8) is 0 Å². The maximum atomic E-state index is 12.1. The Morgan fingerprint density at radius 1 is 1.41 bits per heavy atom. The Kier molecular flexibility index (Phi) is 4.02. The number of rotatable bonds is 3. The van der Waals surface area contributed by atoms with E-state index in [0.717, 1.165) is 14.9 Å². The molecular formula is C13H10BrClOS. The van der Waals surface area contributed by atoms with Gasteiger partial charge in [-0.15, -0.1) is 11.3 Å². The monoisotopic (exact) mass is 328 g/mol. The maximum Gasteiger partial charge on any atom is 0.168 e. The van der Waals surface area contributed by atoms with Gasteiger partial charge in [0.05, 0.1) is 0 Å². The van der Waals surface area contributed by atoms with Crippen LogP contribution in [0.3, 0.4) is 0 Å². The van der Waals surface area contributed by atoms with Crippen molar-refractivity contribution >= 4 is 44.7 Å². The van der Waals surface area contributed by atoms with Crippen LogP contribution in [0.4, 0.5) is 0 Å². The van der Waals surface area contributed by atoms with Crippen LogP contribution >= 0.6 is 38.9 Å². The van der Waals surface area contributed by atoms with Gasteiger partial charge in [-0.1, -0.05) is 11.6 Å². The van der Waals surface area contributed by atoms with E-state index >= 15 is 0 Å². The molecule has 17 heavy (non-hydrogen) atoms. The first-order valence-corrected chi connectivity index (χ1v) is 7.13. The molecule has 1 aromatic heterocycles. The van der Waals surface area contributed by atoms with Crippen molar-refractivity contribution in [3.05, 3.63) is 55.1 Å². The molecule has 88 valence electrons. The predicted molar refractivity (Wildman–Crippen MR) is 76.2 cm³/mol. The standard InChI is InChI=1S/C13H10BrClOS/c1-8-4-9(6-10(15)5-8)12(16)7-13-11(14)2-3-17-13/h2-6H,7H2,1H3. The molecule has 0 N–H and O–H groups in total. The molecule has 0 spiro atoms. The van der Waals surface area contributed by atoms with Gasteiger partial charge in [-0.3, -0.25) is 4.79 Å². The molecule has 2 rings (SSSR count). The molecule has 0 unspecified atom stereocenters. The Hall–Kier alpha value is -0.640. The summed E-state index contributed by atoms with van der Waals surface area (Å²) in [4.78, 5) is 13.1. The number of Topliss-reactive ketones (excluding diaryl/α,β-unsaturated/α-hetero) is 1. The fraction of sp³-hybridized carbons (Fsp3) is 0.154. The largest absolute Gasteiger partial charge is 0.294 e. The summed E-state index contributed by atoms with van der Waals surface area (Å²) >= 11 is 11.0. The lowest BCUT2D eigenvalue weighted by molar-refractivity contribution is 0.0993. The van der Waals surface area contributed by atoms with Crippen molar-refractivity contribution in [2.24, 2.45) is 0 Å². The summed E-state index contributed by atoms with van der Waals surface area (Å²) in [5, 5.41) is 2.58. The zero-order chi connectivity index (χ0) is 12.4. The molecule has 0 aliphatic rings.